The molecule has 0 fully saturated rings. The first-order valence-electron chi connectivity index (χ1n) is 5.46. The molecule has 14 heavy (non-hydrogen) atoms. The number of rotatable bonds is 3. The summed E-state index contributed by atoms with van der Waals surface area (Å²) in [5.41, 5.74) is 1.73. The zero-order valence-electron chi connectivity index (χ0n) is 9.75. The Hall–Kier alpha value is -0.560. The largest absolute Gasteiger partial charge is 0.389 e. The van der Waals surface area contributed by atoms with Crippen molar-refractivity contribution >= 4 is 0 Å². The summed E-state index contributed by atoms with van der Waals surface area (Å²) in [4.78, 5) is 0. The second-order valence-corrected chi connectivity index (χ2v) is 4.87. The van der Waals surface area contributed by atoms with E-state index in [0.29, 0.717) is 5.92 Å². The van der Waals surface area contributed by atoms with Crippen LogP contribution < -0.4 is 0 Å². The second kappa shape index (κ2) is 4.31. The van der Waals surface area contributed by atoms with Gasteiger partial charge in [-0.15, -0.1) is 0 Å². The number of hydrogen-bond acceptors (Lipinski definition) is 1. The molecule has 80 valence electrons. The van der Waals surface area contributed by atoms with Crippen molar-refractivity contribution in [1.29, 1.82) is 0 Å². The lowest BCUT2D eigenvalue weighted by Crippen LogP contribution is -2.24. The molecule has 0 spiro atoms. The summed E-state index contributed by atoms with van der Waals surface area (Å²) in [5, 5.41) is 9.72. The van der Waals surface area contributed by atoms with Gasteiger partial charge in [0.05, 0.1) is 6.10 Å². The summed E-state index contributed by atoms with van der Waals surface area (Å²) in [6.45, 7) is 8.70. The van der Waals surface area contributed by atoms with Crippen LogP contribution >= 0.6 is 0 Å². The molecule has 0 saturated carbocycles. The van der Waals surface area contributed by atoms with E-state index in [1.807, 2.05) is 19.1 Å². The van der Waals surface area contributed by atoms with Crippen molar-refractivity contribution < 1.29 is 5.11 Å². The summed E-state index contributed by atoms with van der Waals surface area (Å²) in [6, 6.07) is 0. The van der Waals surface area contributed by atoms with Crippen molar-refractivity contribution in [3.8, 4) is 0 Å². The fourth-order valence-corrected chi connectivity index (χ4v) is 2.18. The van der Waals surface area contributed by atoms with Gasteiger partial charge >= 0.3 is 0 Å². The third-order valence-electron chi connectivity index (χ3n) is 3.69. The summed E-state index contributed by atoms with van der Waals surface area (Å²) < 4.78 is 0. The van der Waals surface area contributed by atoms with E-state index >= 15 is 0 Å². The van der Waals surface area contributed by atoms with Crippen LogP contribution in [0, 0.1) is 11.3 Å². The van der Waals surface area contributed by atoms with Crippen LogP contribution in [0.15, 0.2) is 23.8 Å². The van der Waals surface area contributed by atoms with Crippen LogP contribution in [0.4, 0.5) is 0 Å². The van der Waals surface area contributed by atoms with Gasteiger partial charge in [0.15, 0.2) is 0 Å². The van der Waals surface area contributed by atoms with Gasteiger partial charge in [-0.2, -0.15) is 0 Å². The van der Waals surface area contributed by atoms with E-state index in [4.69, 9.17) is 0 Å². The maximum absolute atomic E-state index is 9.72. The van der Waals surface area contributed by atoms with Crippen LogP contribution in [0.1, 0.15) is 40.5 Å². The van der Waals surface area contributed by atoms with E-state index in [-0.39, 0.29) is 11.5 Å². The van der Waals surface area contributed by atoms with Crippen LogP contribution in [-0.2, 0) is 0 Å². The fraction of sp³-hybridized carbons (Fsp3) is 0.692. The van der Waals surface area contributed by atoms with Gasteiger partial charge in [0, 0.05) is 0 Å². The molecular weight excluding hydrogens is 172 g/mol. The molecule has 1 heteroatoms. The Balaban J connectivity index is 2.57. The minimum atomic E-state index is -0.274. The summed E-state index contributed by atoms with van der Waals surface area (Å²) >= 11 is 0. The molecule has 0 amide bonds. The van der Waals surface area contributed by atoms with E-state index in [0.717, 1.165) is 12.8 Å². The Morgan fingerprint density at radius 3 is 2.71 bits per heavy atom. The van der Waals surface area contributed by atoms with Crippen molar-refractivity contribution in [2.45, 2.75) is 46.6 Å². The highest BCUT2D eigenvalue weighted by molar-refractivity contribution is 5.18. The lowest BCUT2D eigenvalue weighted by molar-refractivity contribution is 0.151. The van der Waals surface area contributed by atoms with Gasteiger partial charge in [0.1, 0.15) is 0 Å². The zero-order valence-corrected chi connectivity index (χ0v) is 9.75. The Morgan fingerprint density at radius 1 is 1.64 bits per heavy atom. The Kier molecular flexibility index (Phi) is 3.54. The molecule has 0 aromatic heterocycles. The molecule has 0 aromatic carbocycles. The molecule has 0 bridgehead atoms. The SMILES string of the molecule is C/C=C/C(O)CC1CC=C(C)C1(C)C. The average molecular weight is 194 g/mol. The Bertz CT molecular complexity index is 248. The first-order valence-corrected chi connectivity index (χ1v) is 5.46. The van der Waals surface area contributed by atoms with Gasteiger partial charge in [-0.1, -0.05) is 37.6 Å². The normalized spacial score (nSPS) is 28.1. The minimum absolute atomic E-state index is 0.266. The molecule has 1 nitrogen and oxygen atoms in total. The zero-order chi connectivity index (χ0) is 10.8. The Morgan fingerprint density at radius 2 is 2.29 bits per heavy atom. The first kappa shape index (κ1) is 11.5. The van der Waals surface area contributed by atoms with E-state index in [9.17, 15) is 5.11 Å². The third kappa shape index (κ3) is 2.27. The average Bonchev–Trinajstić information content (AvgIpc) is 2.32. The molecule has 1 N–H and O–H groups in total. The maximum atomic E-state index is 9.72. The number of allylic oxidation sites excluding steroid dienone is 3. The maximum Gasteiger partial charge on any atom is 0.0723 e. The van der Waals surface area contributed by atoms with Crippen LogP contribution in [-0.4, -0.2) is 11.2 Å². The van der Waals surface area contributed by atoms with Crippen molar-refractivity contribution in [1.82, 2.24) is 0 Å². The van der Waals surface area contributed by atoms with E-state index in [1.165, 1.54) is 5.57 Å². The van der Waals surface area contributed by atoms with Gasteiger partial charge in [-0.05, 0) is 38.0 Å². The smallest absolute Gasteiger partial charge is 0.0723 e. The molecular formula is C13H22O. The van der Waals surface area contributed by atoms with Crippen LogP contribution in [0.5, 0.6) is 0 Å². The molecule has 1 aliphatic rings. The molecule has 0 heterocycles. The lowest BCUT2D eigenvalue weighted by atomic mass is 9.75. The molecule has 0 radical (unpaired) electrons. The molecule has 0 aliphatic heterocycles. The third-order valence-corrected chi connectivity index (χ3v) is 3.69. The predicted octanol–water partition coefficient (Wildman–Crippen LogP) is 3.31. The van der Waals surface area contributed by atoms with Gasteiger partial charge < -0.3 is 5.11 Å². The minimum Gasteiger partial charge on any atom is -0.389 e. The second-order valence-electron chi connectivity index (χ2n) is 4.87. The van der Waals surface area contributed by atoms with Gasteiger partial charge in [-0.3, -0.25) is 0 Å². The van der Waals surface area contributed by atoms with Gasteiger partial charge in [-0.25, -0.2) is 0 Å². The quantitative estimate of drug-likeness (QED) is 0.683. The fourth-order valence-electron chi connectivity index (χ4n) is 2.18. The highest BCUT2D eigenvalue weighted by Gasteiger charge is 2.35. The van der Waals surface area contributed by atoms with Crippen molar-refractivity contribution in [3.05, 3.63) is 23.8 Å². The topological polar surface area (TPSA) is 20.2 Å². The lowest BCUT2D eigenvalue weighted by Gasteiger charge is -2.30. The van der Waals surface area contributed by atoms with Crippen molar-refractivity contribution in [3.63, 3.8) is 0 Å². The molecule has 2 atom stereocenters. The molecule has 2 unspecified atom stereocenters. The first-order chi connectivity index (χ1) is 6.48. The van der Waals surface area contributed by atoms with E-state index in [2.05, 4.69) is 26.8 Å². The van der Waals surface area contributed by atoms with Crippen LogP contribution in [0.2, 0.25) is 0 Å². The molecule has 0 saturated heterocycles. The van der Waals surface area contributed by atoms with E-state index < -0.39 is 0 Å². The number of aliphatic hydroxyl groups is 1. The predicted molar refractivity (Wildman–Crippen MR) is 61.1 cm³/mol. The highest BCUT2D eigenvalue weighted by atomic mass is 16.3. The monoisotopic (exact) mass is 194 g/mol. The van der Waals surface area contributed by atoms with Crippen molar-refractivity contribution in [2.75, 3.05) is 0 Å². The van der Waals surface area contributed by atoms with Gasteiger partial charge in [0.2, 0.25) is 0 Å². The van der Waals surface area contributed by atoms with Gasteiger partial charge in [0.25, 0.3) is 0 Å². The van der Waals surface area contributed by atoms with Crippen LogP contribution in [0.25, 0.3) is 0 Å². The summed E-state index contributed by atoms with van der Waals surface area (Å²) in [6.07, 6.45) is 7.84. The molecule has 1 aliphatic carbocycles. The van der Waals surface area contributed by atoms with Crippen molar-refractivity contribution in [2.24, 2.45) is 11.3 Å². The summed E-state index contributed by atoms with van der Waals surface area (Å²) in [7, 11) is 0. The molecule has 1 rings (SSSR count). The highest BCUT2D eigenvalue weighted by Crippen LogP contribution is 2.45. The van der Waals surface area contributed by atoms with Crippen LogP contribution in [0.3, 0.4) is 0 Å². The Labute approximate surface area is 87.5 Å². The standard InChI is InChI=1S/C13H22O/c1-5-6-12(14)9-11-8-7-10(2)13(11,3)4/h5-7,11-12,14H,8-9H2,1-4H3/b6-5+. The molecule has 0 aromatic rings. The summed E-state index contributed by atoms with van der Waals surface area (Å²) in [5.74, 6) is 0.591. The number of hydrogen-bond donors (Lipinski definition) is 1. The number of aliphatic hydroxyl groups excluding tert-OH is 1. The van der Waals surface area contributed by atoms with E-state index in [1.54, 1.807) is 0 Å².